The molecular formula is C29H28FNO4S. The van der Waals surface area contributed by atoms with Crippen LogP contribution >= 0.6 is 11.3 Å². The van der Waals surface area contributed by atoms with Crippen molar-refractivity contribution < 1.29 is 23.4 Å². The highest BCUT2D eigenvalue weighted by Gasteiger charge is 2.42. The number of ether oxygens (including phenoxy) is 3. The molecule has 0 aliphatic carbocycles. The van der Waals surface area contributed by atoms with E-state index in [4.69, 9.17) is 19.2 Å². The Hall–Kier alpha value is -3.29. The van der Waals surface area contributed by atoms with Gasteiger partial charge in [0.1, 0.15) is 5.82 Å². The molecule has 2 aromatic carbocycles. The van der Waals surface area contributed by atoms with Crippen molar-refractivity contribution in [1.82, 2.24) is 4.98 Å². The fourth-order valence-corrected chi connectivity index (χ4v) is 5.51. The Morgan fingerprint density at radius 3 is 2.72 bits per heavy atom. The minimum absolute atomic E-state index is 0.0390. The maximum absolute atomic E-state index is 14.2. The minimum Gasteiger partial charge on any atom is -0.493 e. The van der Waals surface area contributed by atoms with Crippen molar-refractivity contribution in [2.45, 2.75) is 31.6 Å². The number of hydrogen-bond acceptors (Lipinski definition) is 6. The number of ketones is 1. The lowest BCUT2D eigenvalue weighted by atomic mass is 9.77. The van der Waals surface area contributed by atoms with Crippen molar-refractivity contribution in [2.24, 2.45) is 0 Å². The molecule has 4 aromatic rings. The molecule has 1 fully saturated rings. The summed E-state index contributed by atoms with van der Waals surface area (Å²) in [6.07, 6.45) is 1.88. The van der Waals surface area contributed by atoms with E-state index in [2.05, 4.69) is 0 Å². The molecule has 0 spiro atoms. The number of fused-ring (bicyclic) bond motifs is 1. The van der Waals surface area contributed by atoms with Gasteiger partial charge in [0, 0.05) is 28.3 Å². The third kappa shape index (κ3) is 4.61. The molecule has 3 heterocycles. The first-order valence-electron chi connectivity index (χ1n) is 12.1. The second kappa shape index (κ2) is 10.4. The van der Waals surface area contributed by atoms with Gasteiger partial charge in [0.25, 0.3) is 0 Å². The molecule has 1 aliphatic rings. The molecule has 1 saturated heterocycles. The third-order valence-corrected chi connectivity index (χ3v) is 7.66. The average Bonchev–Trinajstić information content (AvgIpc) is 3.32. The molecule has 5 rings (SSSR count). The summed E-state index contributed by atoms with van der Waals surface area (Å²) in [6.45, 7) is 3.66. The summed E-state index contributed by atoms with van der Waals surface area (Å²) in [7, 11) is 1.58. The zero-order valence-electron chi connectivity index (χ0n) is 20.4. The number of pyridine rings is 1. The zero-order chi connectivity index (χ0) is 25.1. The first kappa shape index (κ1) is 24.4. The van der Waals surface area contributed by atoms with E-state index in [0.717, 1.165) is 28.8 Å². The molecule has 0 radical (unpaired) electrons. The molecule has 0 atom stereocenters. The second-order valence-corrected chi connectivity index (χ2v) is 9.96. The summed E-state index contributed by atoms with van der Waals surface area (Å²) in [6, 6.07) is 16.4. The van der Waals surface area contributed by atoms with E-state index >= 15 is 0 Å². The number of hydrogen-bond donors (Lipinski definition) is 0. The Balaban J connectivity index is 1.35. The Morgan fingerprint density at radius 1 is 1.14 bits per heavy atom. The summed E-state index contributed by atoms with van der Waals surface area (Å²) >= 11 is 1.38. The highest BCUT2D eigenvalue weighted by molar-refractivity contribution is 7.17. The highest BCUT2D eigenvalue weighted by Crippen LogP contribution is 2.39. The Kier molecular flexibility index (Phi) is 7.03. The molecule has 0 saturated carbocycles. The van der Waals surface area contributed by atoms with Gasteiger partial charge in [-0.15, -0.1) is 11.3 Å². The Bertz CT molecular complexity index is 1400. The topological polar surface area (TPSA) is 57.7 Å². The van der Waals surface area contributed by atoms with E-state index in [0.29, 0.717) is 54.4 Å². The number of Topliss-reactive ketones (excluding diaryl/α,β-unsaturated/α-hetero) is 1. The van der Waals surface area contributed by atoms with Gasteiger partial charge in [-0.2, -0.15) is 0 Å². The fourth-order valence-electron chi connectivity index (χ4n) is 4.54. The molecule has 5 nitrogen and oxygen atoms in total. The first-order chi connectivity index (χ1) is 17.5. The van der Waals surface area contributed by atoms with Gasteiger partial charge < -0.3 is 14.2 Å². The van der Waals surface area contributed by atoms with Crippen LogP contribution < -0.4 is 9.47 Å². The van der Waals surface area contributed by atoms with Crippen LogP contribution in [0.5, 0.6) is 11.5 Å². The maximum atomic E-state index is 14.2. The number of carbonyl (C=O) groups is 1. The van der Waals surface area contributed by atoms with Crippen molar-refractivity contribution >= 4 is 27.2 Å². The minimum atomic E-state index is -0.322. The zero-order valence-corrected chi connectivity index (χ0v) is 21.2. The molecular weight excluding hydrogens is 477 g/mol. The molecule has 2 aromatic heterocycles. The van der Waals surface area contributed by atoms with Gasteiger partial charge in [-0.05, 0) is 49.2 Å². The van der Waals surface area contributed by atoms with Gasteiger partial charge in [0.05, 0.1) is 48.4 Å². The van der Waals surface area contributed by atoms with E-state index in [1.807, 2.05) is 36.6 Å². The SMILES string of the molecule is CCCOc1ccc(C(=O)CCC2(c3cccc(-c4csc5c(F)cccc45)n3)COC2)cc1OC. The van der Waals surface area contributed by atoms with E-state index in [9.17, 15) is 9.18 Å². The van der Waals surface area contributed by atoms with E-state index in [1.165, 1.54) is 17.4 Å². The van der Waals surface area contributed by atoms with Crippen LogP contribution in [0.4, 0.5) is 4.39 Å². The number of halogens is 1. The number of rotatable bonds is 10. The summed E-state index contributed by atoms with van der Waals surface area (Å²) in [5, 5.41) is 2.81. The summed E-state index contributed by atoms with van der Waals surface area (Å²) in [5.41, 5.74) is 2.89. The van der Waals surface area contributed by atoms with Gasteiger partial charge in [-0.3, -0.25) is 9.78 Å². The molecule has 0 bridgehead atoms. The van der Waals surface area contributed by atoms with Gasteiger partial charge in [-0.25, -0.2) is 4.39 Å². The van der Waals surface area contributed by atoms with E-state index in [-0.39, 0.29) is 17.0 Å². The molecule has 36 heavy (non-hydrogen) atoms. The van der Waals surface area contributed by atoms with Crippen LogP contribution in [-0.2, 0) is 10.2 Å². The summed E-state index contributed by atoms with van der Waals surface area (Å²) in [4.78, 5) is 18.1. The van der Waals surface area contributed by atoms with Crippen LogP contribution in [0, 0.1) is 5.82 Å². The van der Waals surface area contributed by atoms with Gasteiger partial charge in [0.2, 0.25) is 0 Å². The predicted molar refractivity (Wildman–Crippen MR) is 140 cm³/mol. The van der Waals surface area contributed by atoms with Crippen LogP contribution in [0.25, 0.3) is 21.3 Å². The molecule has 0 unspecified atom stereocenters. The highest BCUT2D eigenvalue weighted by atomic mass is 32.1. The lowest BCUT2D eigenvalue weighted by Crippen LogP contribution is -2.47. The molecule has 186 valence electrons. The summed E-state index contributed by atoms with van der Waals surface area (Å²) in [5.74, 6) is 1.02. The Labute approximate surface area is 213 Å². The Morgan fingerprint density at radius 2 is 1.97 bits per heavy atom. The lowest BCUT2D eigenvalue weighted by molar-refractivity contribution is -0.0662. The second-order valence-electron chi connectivity index (χ2n) is 9.08. The van der Waals surface area contributed by atoms with Crippen LogP contribution in [0.2, 0.25) is 0 Å². The quantitative estimate of drug-likeness (QED) is 0.221. The molecule has 0 N–H and O–H groups in total. The number of benzene rings is 2. The van der Waals surface area contributed by atoms with E-state index < -0.39 is 0 Å². The van der Waals surface area contributed by atoms with Crippen molar-refractivity contribution in [2.75, 3.05) is 26.9 Å². The van der Waals surface area contributed by atoms with Crippen LogP contribution in [0.1, 0.15) is 42.2 Å². The summed E-state index contributed by atoms with van der Waals surface area (Å²) < 4.78 is 31.6. The number of carbonyl (C=O) groups excluding carboxylic acids is 1. The van der Waals surface area contributed by atoms with E-state index in [1.54, 1.807) is 31.4 Å². The number of nitrogens with zero attached hydrogens (tertiary/aromatic N) is 1. The number of thiophene rings is 1. The van der Waals surface area contributed by atoms with Gasteiger partial charge in [-0.1, -0.05) is 25.1 Å². The standard InChI is InChI=1S/C29H28FNO4S/c1-3-14-35-25-11-10-19(15-26(25)33-2)24(32)12-13-29(17-34-18-29)27-9-5-8-23(31-27)21-16-36-28-20(21)6-4-7-22(28)30/h4-11,15-16H,3,12-14,17-18H2,1-2H3. The molecule has 0 amide bonds. The first-order valence-corrected chi connectivity index (χ1v) is 13.0. The monoisotopic (exact) mass is 505 g/mol. The predicted octanol–water partition coefficient (Wildman–Crippen LogP) is 6.83. The molecule has 1 aliphatic heterocycles. The lowest BCUT2D eigenvalue weighted by Gasteiger charge is -2.41. The van der Waals surface area contributed by atoms with Crippen molar-refractivity contribution in [3.63, 3.8) is 0 Å². The van der Waals surface area contributed by atoms with Gasteiger partial charge in [0.15, 0.2) is 17.3 Å². The largest absolute Gasteiger partial charge is 0.493 e. The smallest absolute Gasteiger partial charge is 0.163 e. The third-order valence-electron chi connectivity index (χ3n) is 6.65. The maximum Gasteiger partial charge on any atom is 0.163 e. The fraction of sp³-hybridized carbons (Fsp3) is 0.310. The van der Waals surface area contributed by atoms with Crippen LogP contribution in [0.3, 0.4) is 0 Å². The van der Waals surface area contributed by atoms with Crippen LogP contribution in [0.15, 0.2) is 60.0 Å². The average molecular weight is 506 g/mol. The normalized spacial score (nSPS) is 14.4. The van der Waals surface area contributed by atoms with Crippen LogP contribution in [-0.4, -0.2) is 37.7 Å². The number of aromatic nitrogens is 1. The number of methoxy groups -OCH3 is 1. The van der Waals surface area contributed by atoms with Crippen molar-refractivity contribution in [1.29, 1.82) is 0 Å². The van der Waals surface area contributed by atoms with Crippen molar-refractivity contribution in [3.8, 4) is 22.8 Å². The van der Waals surface area contributed by atoms with Crippen molar-refractivity contribution in [3.05, 3.63) is 77.1 Å². The molecule has 7 heteroatoms. The van der Waals surface area contributed by atoms with Gasteiger partial charge >= 0.3 is 0 Å².